The summed E-state index contributed by atoms with van der Waals surface area (Å²) in [6.45, 7) is 4.64. The fourth-order valence-electron chi connectivity index (χ4n) is 5.23. The van der Waals surface area contributed by atoms with Gasteiger partial charge in [-0.15, -0.1) is 0 Å². The van der Waals surface area contributed by atoms with Gasteiger partial charge in [-0.1, -0.05) is 98.6 Å². The largest absolute Gasteiger partial charge is 0.352 e. The van der Waals surface area contributed by atoms with Crippen molar-refractivity contribution < 1.29 is 9.59 Å². The van der Waals surface area contributed by atoms with Crippen molar-refractivity contribution in [2.45, 2.75) is 83.8 Å². The van der Waals surface area contributed by atoms with Gasteiger partial charge in [0.25, 0.3) is 0 Å². The zero-order chi connectivity index (χ0) is 26.0. The van der Waals surface area contributed by atoms with Gasteiger partial charge in [-0.2, -0.15) is 0 Å². The molecule has 37 heavy (non-hydrogen) atoms. The minimum absolute atomic E-state index is 0.0188. The molecule has 1 fully saturated rings. The van der Waals surface area contributed by atoms with E-state index in [1.807, 2.05) is 47.4 Å². The van der Waals surface area contributed by atoms with Crippen molar-refractivity contribution in [2.75, 3.05) is 0 Å². The van der Waals surface area contributed by atoms with Crippen LogP contribution >= 0.6 is 0 Å². The molecule has 1 saturated carbocycles. The number of nitrogens with one attached hydrogen (secondary N) is 1. The molecule has 194 valence electrons. The highest BCUT2D eigenvalue weighted by molar-refractivity contribution is 5.88. The minimum Gasteiger partial charge on any atom is -0.352 e. The van der Waals surface area contributed by atoms with Crippen LogP contribution in [0.15, 0.2) is 78.9 Å². The average molecular weight is 497 g/mol. The number of benzene rings is 3. The zero-order valence-corrected chi connectivity index (χ0v) is 22.3. The first-order valence-electron chi connectivity index (χ1n) is 13.8. The standard InChI is InChI=1S/C33H40N2O2/c1-3-26-17-19-27(20-18-26)21-22-32(36)35(24-29-14-8-7-11-25(29)2)31(23-28-12-5-4-6-13-28)33(37)34-30-15-9-10-16-30/h4-8,11-14,17-20,30-31H,3,9-10,15-16,21-24H2,1-2H3,(H,34,37). The summed E-state index contributed by atoms with van der Waals surface area (Å²) in [5.41, 5.74) is 5.71. The summed E-state index contributed by atoms with van der Waals surface area (Å²) >= 11 is 0. The van der Waals surface area contributed by atoms with Crippen LogP contribution in [0.3, 0.4) is 0 Å². The first-order valence-corrected chi connectivity index (χ1v) is 13.8. The highest BCUT2D eigenvalue weighted by Gasteiger charge is 2.32. The van der Waals surface area contributed by atoms with E-state index in [9.17, 15) is 9.59 Å². The smallest absolute Gasteiger partial charge is 0.243 e. The highest BCUT2D eigenvalue weighted by atomic mass is 16.2. The van der Waals surface area contributed by atoms with Crippen LogP contribution in [-0.4, -0.2) is 28.8 Å². The Morgan fingerprint density at radius 1 is 0.865 bits per heavy atom. The highest BCUT2D eigenvalue weighted by Crippen LogP contribution is 2.21. The van der Waals surface area contributed by atoms with Crippen LogP contribution < -0.4 is 5.32 Å². The first kappa shape index (κ1) is 26.7. The molecule has 1 unspecified atom stereocenters. The maximum Gasteiger partial charge on any atom is 0.243 e. The van der Waals surface area contributed by atoms with Gasteiger partial charge in [0.1, 0.15) is 6.04 Å². The minimum atomic E-state index is -0.558. The Balaban J connectivity index is 1.60. The van der Waals surface area contributed by atoms with E-state index in [4.69, 9.17) is 0 Å². The first-order chi connectivity index (χ1) is 18.0. The lowest BCUT2D eigenvalue weighted by molar-refractivity contribution is -0.141. The maximum absolute atomic E-state index is 13.9. The van der Waals surface area contributed by atoms with Crippen LogP contribution in [0.25, 0.3) is 0 Å². The number of carbonyl (C=O) groups is 2. The van der Waals surface area contributed by atoms with Gasteiger partial charge in [0, 0.05) is 25.4 Å². The Kier molecular flexibility index (Phi) is 9.53. The van der Waals surface area contributed by atoms with Gasteiger partial charge in [0.05, 0.1) is 0 Å². The molecule has 3 aromatic carbocycles. The number of amides is 2. The van der Waals surface area contributed by atoms with Gasteiger partial charge in [0.2, 0.25) is 11.8 Å². The predicted octanol–water partition coefficient (Wildman–Crippen LogP) is 6.19. The van der Waals surface area contributed by atoms with E-state index in [0.717, 1.165) is 54.4 Å². The summed E-state index contributed by atoms with van der Waals surface area (Å²) in [6.07, 6.45) is 6.87. The van der Waals surface area contributed by atoms with E-state index in [1.54, 1.807) is 0 Å². The summed E-state index contributed by atoms with van der Waals surface area (Å²) in [6, 6.07) is 26.4. The van der Waals surface area contributed by atoms with Gasteiger partial charge < -0.3 is 10.2 Å². The van der Waals surface area contributed by atoms with Crippen molar-refractivity contribution in [3.63, 3.8) is 0 Å². The average Bonchev–Trinajstić information content (AvgIpc) is 3.44. The van der Waals surface area contributed by atoms with Gasteiger partial charge >= 0.3 is 0 Å². The number of aryl methyl sites for hydroxylation is 3. The normalized spacial score (nSPS) is 14.3. The molecule has 0 aliphatic heterocycles. The zero-order valence-electron chi connectivity index (χ0n) is 22.3. The van der Waals surface area contributed by atoms with Gasteiger partial charge in [-0.25, -0.2) is 0 Å². The van der Waals surface area contributed by atoms with Crippen LogP contribution in [0.4, 0.5) is 0 Å². The molecular formula is C33H40N2O2. The van der Waals surface area contributed by atoms with Gasteiger partial charge in [-0.3, -0.25) is 9.59 Å². The molecular weight excluding hydrogens is 456 g/mol. The summed E-state index contributed by atoms with van der Waals surface area (Å²) in [5, 5.41) is 3.29. The number of nitrogens with zero attached hydrogens (tertiary/aromatic N) is 1. The van der Waals surface area contributed by atoms with Crippen molar-refractivity contribution in [2.24, 2.45) is 0 Å². The molecule has 0 radical (unpaired) electrons. The van der Waals surface area contributed by atoms with E-state index in [0.29, 0.717) is 25.8 Å². The molecule has 0 spiro atoms. The predicted molar refractivity (Wildman–Crippen MR) is 150 cm³/mol. The molecule has 0 heterocycles. The lowest BCUT2D eigenvalue weighted by atomic mass is 9.99. The second kappa shape index (κ2) is 13.2. The monoisotopic (exact) mass is 496 g/mol. The van der Waals surface area contributed by atoms with Crippen LogP contribution in [0, 0.1) is 6.92 Å². The third-order valence-corrected chi connectivity index (χ3v) is 7.63. The van der Waals surface area contributed by atoms with Crippen molar-refractivity contribution in [1.82, 2.24) is 10.2 Å². The number of rotatable bonds is 11. The molecule has 4 rings (SSSR count). The van der Waals surface area contributed by atoms with E-state index >= 15 is 0 Å². The molecule has 0 bridgehead atoms. The molecule has 3 aromatic rings. The second-order valence-corrected chi connectivity index (χ2v) is 10.3. The third-order valence-electron chi connectivity index (χ3n) is 7.63. The van der Waals surface area contributed by atoms with E-state index in [1.165, 1.54) is 5.56 Å². The number of hydrogen-bond donors (Lipinski definition) is 1. The Hall–Kier alpha value is -3.40. The van der Waals surface area contributed by atoms with E-state index in [2.05, 4.69) is 55.6 Å². The third kappa shape index (κ3) is 7.55. The van der Waals surface area contributed by atoms with Crippen molar-refractivity contribution in [1.29, 1.82) is 0 Å². The van der Waals surface area contributed by atoms with Crippen molar-refractivity contribution >= 4 is 11.8 Å². The summed E-state index contributed by atoms with van der Waals surface area (Å²) in [7, 11) is 0. The van der Waals surface area contributed by atoms with Gasteiger partial charge in [0.15, 0.2) is 0 Å². The van der Waals surface area contributed by atoms with Crippen molar-refractivity contribution in [3.8, 4) is 0 Å². The topological polar surface area (TPSA) is 49.4 Å². The quantitative estimate of drug-likeness (QED) is 0.344. The van der Waals surface area contributed by atoms with Crippen LogP contribution in [0.2, 0.25) is 0 Å². The molecule has 1 N–H and O–H groups in total. The number of carbonyl (C=O) groups excluding carboxylic acids is 2. The molecule has 1 atom stereocenters. The molecule has 1 aliphatic rings. The molecule has 1 aliphatic carbocycles. The number of hydrogen-bond acceptors (Lipinski definition) is 2. The Bertz CT molecular complexity index is 1150. The van der Waals surface area contributed by atoms with Crippen LogP contribution in [-0.2, 0) is 35.4 Å². The van der Waals surface area contributed by atoms with E-state index in [-0.39, 0.29) is 17.9 Å². The maximum atomic E-state index is 13.9. The van der Waals surface area contributed by atoms with Crippen LogP contribution in [0.5, 0.6) is 0 Å². The molecule has 0 saturated heterocycles. The Morgan fingerprint density at radius 2 is 1.51 bits per heavy atom. The summed E-state index contributed by atoms with van der Waals surface area (Å²) < 4.78 is 0. The van der Waals surface area contributed by atoms with Crippen molar-refractivity contribution in [3.05, 3.63) is 107 Å². The molecule has 4 heteroatoms. The van der Waals surface area contributed by atoms with E-state index < -0.39 is 6.04 Å². The Morgan fingerprint density at radius 3 is 2.19 bits per heavy atom. The fraction of sp³-hybridized carbons (Fsp3) is 0.394. The summed E-state index contributed by atoms with van der Waals surface area (Å²) in [5.74, 6) is -0.0182. The Labute approximate surface area is 222 Å². The fourth-order valence-corrected chi connectivity index (χ4v) is 5.23. The summed E-state index contributed by atoms with van der Waals surface area (Å²) in [4.78, 5) is 29.5. The second-order valence-electron chi connectivity index (χ2n) is 10.3. The molecule has 0 aromatic heterocycles. The molecule has 2 amide bonds. The molecule has 4 nitrogen and oxygen atoms in total. The lowest BCUT2D eigenvalue weighted by Gasteiger charge is -2.33. The SMILES string of the molecule is CCc1ccc(CCC(=O)N(Cc2ccccc2C)C(Cc2ccccc2)C(=O)NC2CCCC2)cc1. The lowest BCUT2D eigenvalue weighted by Crippen LogP contribution is -2.52. The van der Waals surface area contributed by atoms with Crippen LogP contribution in [0.1, 0.15) is 66.8 Å². The van der Waals surface area contributed by atoms with Gasteiger partial charge in [-0.05, 0) is 60.4 Å².